The van der Waals surface area contributed by atoms with Crippen molar-refractivity contribution in [2.45, 2.75) is 6.54 Å². The molecule has 0 aromatic carbocycles. The van der Waals surface area contributed by atoms with E-state index in [9.17, 15) is 0 Å². The first-order valence-electron chi connectivity index (χ1n) is 4.23. The van der Waals surface area contributed by atoms with E-state index in [2.05, 4.69) is 18.0 Å². The lowest BCUT2D eigenvalue weighted by molar-refractivity contribution is 0.752. The molecule has 0 aliphatic rings. The van der Waals surface area contributed by atoms with Crippen LogP contribution in [0.15, 0.2) is 23.9 Å². The van der Waals surface area contributed by atoms with Crippen molar-refractivity contribution in [3.63, 3.8) is 0 Å². The summed E-state index contributed by atoms with van der Waals surface area (Å²) in [5.41, 5.74) is 1.73. The third kappa shape index (κ3) is 2.91. The molecule has 0 bridgehead atoms. The summed E-state index contributed by atoms with van der Waals surface area (Å²) >= 11 is 5.59. The van der Waals surface area contributed by atoms with Crippen LogP contribution in [-0.4, -0.2) is 11.1 Å². The van der Waals surface area contributed by atoms with Crippen LogP contribution in [0.4, 0.5) is 0 Å². The Kier molecular flexibility index (Phi) is 3.75. The lowest BCUT2D eigenvalue weighted by atomic mass is 10.3. The summed E-state index contributed by atoms with van der Waals surface area (Å²) in [5, 5.41) is 12.4. The number of nitrogens with one attached hydrogen (secondary N) is 1. The lowest BCUT2D eigenvalue weighted by Crippen LogP contribution is -2.13. The molecule has 0 radical (unpaired) electrons. The molecule has 0 fully saturated rings. The van der Waals surface area contributed by atoms with Gasteiger partial charge in [-0.25, -0.2) is 0 Å². The fourth-order valence-electron chi connectivity index (χ4n) is 1.18. The molecule has 0 saturated carbocycles. The topological polar surface area (TPSA) is 40.8 Å². The molecule has 1 rings (SSSR count). The number of nitrogens with zero attached hydrogens (tertiary/aromatic N) is 2. The molecule has 1 aromatic heterocycles. The predicted molar refractivity (Wildman–Crippen MR) is 56.8 cm³/mol. The van der Waals surface area contributed by atoms with Gasteiger partial charge in [-0.15, -0.1) is 0 Å². The van der Waals surface area contributed by atoms with Crippen LogP contribution in [0.25, 0.3) is 0 Å². The average molecular weight is 210 g/mol. The van der Waals surface area contributed by atoms with E-state index in [1.165, 1.54) is 0 Å². The van der Waals surface area contributed by atoms with Crippen LogP contribution in [0.1, 0.15) is 11.3 Å². The predicted octanol–water partition coefficient (Wildman–Crippen LogP) is 1.74. The summed E-state index contributed by atoms with van der Waals surface area (Å²) in [6.07, 6.45) is 1.92. The summed E-state index contributed by atoms with van der Waals surface area (Å²) < 4.78 is 1.80. The molecular formula is C10H12ClN3. The van der Waals surface area contributed by atoms with Crippen LogP contribution >= 0.6 is 11.6 Å². The van der Waals surface area contributed by atoms with Gasteiger partial charge < -0.3 is 9.88 Å². The number of aromatic nitrogens is 1. The van der Waals surface area contributed by atoms with Crippen LogP contribution in [-0.2, 0) is 13.6 Å². The number of hydrogen-bond donors (Lipinski definition) is 1. The molecule has 0 atom stereocenters. The molecule has 1 N–H and O–H groups in total. The van der Waals surface area contributed by atoms with E-state index in [0.717, 1.165) is 5.56 Å². The van der Waals surface area contributed by atoms with Crippen molar-refractivity contribution in [3.05, 3.63) is 35.1 Å². The number of aryl methyl sites for hydroxylation is 1. The van der Waals surface area contributed by atoms with Crippen LogP contribution in [0.5, 0.6) is 0 Å². The lowest BCUT2D eigenvalue weighted by Gasteiger charge is -1.99. The number of hydrogen-bond acceptors (Lipinski definition) is 2. The fraction of sp³-hybridized carbons (Fsp3) is 0.300. The van der Waals surface area contributed by atoms with E-state index in [1.807, 2.05) is 19.3 Å². The van der Waals surface area contributed by atoms with Gasteiger partial charge in [0.05, 0.1) is 0 Å². The maximum Gasteiger partial charge on any atom is 0.120 e. The molecule has 0 spiro atoms. The zero-order valence-corrected chi connectivity index (χ0v) is 8.80. The molecule has 0 aliphatic carbocycles. The zero-order valence-electron chi connectivity index (χ0n) is 8.05. The van der Waals surface area contributed by atoms with E-state index in [-0.39, 0.29) is 0 Å². The van der Waals surface area contributed by atoms with Crippen LogP contribution in [0, 0.1) is 11.3 Å². The first kappa shape index (κ1) is 10.8. The third-order valence-electron chi connectivity index (χ3n) is 1.82. The van der Waals surface area contributed by atoms with Crippen LogP contribution < -0.4 is 5.32 Å². The smallest absolute Gasteiger partial charge is 0.120 e. The van der Waals surface area contributed by atoms with Crippen LogP contribution in [0.3, 0.4) is 0 Å². The fourth-order valence-corrected chi connectivity index (χ4v) is 1.28. The summed E-state index contributed by atoms with van der Waals surface area (Å²) in [6.45, 7) is 4.85. The van der Waals surface area contributed by atoms with Gasteiger partial charge in [-0.1, -0.05) is 18.2 Å². The molecule has 74 valence electrons. The van der Waals surface area contributed by atoms with Gasteiger partial charge in [0.15, 0.2) is 0 Å². The Morgan fingerprint density at radius 3 is 3.00 bits per heavy atom. The minimum Gasteiger partial charge on any atom is -0.342 e. The summed E-state index contributed by atoms with van der Waals surface area (Å²) in [7, 11) is 1.85. The monoisotopic (exact) mass is 209 g/mol. The van der Waals surface area contributed by atoms with Gasteiger partial charge in [0.2, 0.25) is 0 Å². The molecule has 0 aliphatic heterocycles. The standard InChI is InChI=1S/C10H12ClN3/c1-8(11)5-13-6-9-3-10(4-12)14(2)7-9/h3,7,13H,1,5-6H2,2H3. The van der Waals surface area contributed by atoms with Crippen LogP contribution in [0.2, 0.25) is 0 Å². The van der Waals surface area contributed by atoms with E-state index in [0.29, 0.717) is 23.8 Å². The van der Waals surface area contributed by atoms with Crippen molar-refractivity contribution in [2.24, 2.45) is 7.05 Å². The second-order valence-electron chi connectivity index (χ2n) is 3.08. The highest BCUT2D eigenvalue weighted by Gasteiger charge is 2.01. The highest BCUT2D eigenvalue weighted by atomic mass is 35.5. The molecule has 0 unspecified atom stereocenters. The molecule has 14 heavy (non-hydrogen) atoms. The average Bonchev–Trinajstić information content (AvgIpc) is 2.45. The van der Waals surface area contributed by atoms with Crippen molar-refractivity contribution < 1.29 is 0 Å². The zero-order chi connectivity index (χ0) is 10.6. The number of halogens is 1. The Balaban J connectivity index is 2.52. The first-order chi connectivity index (χ1) is 6.63. The van der Waals surface area contributed by atoms with Gasteiger partial charge in [0, 0.05) is 31.4 Å². The molecule has 0 amide bonds. The van der Waals surface area contributed by atoms with Gasteiger partial charge >= 0.3 is 0 Å². The highest BCUT2D eigenvalue weighted by molar-refractivity contribution is 6.29. The molecule has 4 heteroatoms. The van der Waals surface area contributed by atoms with Crippen molar-refractivity contribution in [1.29, 1.82) is 5.26 Å². The SMILES string of the molecule is C=C(Cl)CNCc1cc(C#N)n(C)c1. The van der Waals surface area contributed by atoms with Gasteiger partial charge in [-0.2, -0.15) is 5.26 Å². The summed E-state index contributed by atoms with van der Waals surface area (Å²) in [4.78, 5) is 0. The normalized spacial score (nSPS) is 9.79. The van der Waals surface area contributed by atoms with E-state index >= 15 is 0 Å². The van der Waals surface area contributed by atoms with E-state index in [1.54, 1.807) is 4.57 Å². The summed E-state index contributed by atoms with van der Waals surface area (Å²) in [6, 6.07) is 3.96. The van der Waals surface area contributed by atoms with Crippen molar-refractivity contribution in [2.75, 3.05) is 6.54 Å². The first-order valence-corrected chi connectivity index (χ1v) is 4.60. The Hall–Kier alpha value is -1.24. The van der Waals surface area contributed by atoms with Crippen molar-refractivity contribution >= 4 is 11.6 Å². The minimum absolute atomic E-state index is 0.582. The quantitative estimate of drug-likeness (QED) is 0.821. The van der Waals surface area contributed by atoms with Gasteiger partial charge in [0.1, 0.15) is 11.8 Å². The Morgan fingerprint density at radius 1 is 1.79 bits per heavy atom. The number of nitriles is 1. The Labute approximate surface area is 88.6 Å². The second-order valence-corrected chi connectivity index (χ2v) is 3.61. The number of rotatable bonds is 4. The van der Waals surface area contributed by atoms with Crippen molar-refractivity contribution in [3.8, 4) is 6.07 Å². The Bertz CT molecular complexity index is 373. The second kappa shape index (κ2) is 4.85. The summed E-state index contributed by atoms with van der Waals surface area (Å²) in [5.74, 6) is 0. The highest BCUT2D eigenvalue weighted by Crippen LogP contribution is 2.05. The third-order valence-corrected chi connectivity index (χ3v) is 1.96. The van der Waals surface area contributed by atoms with E-state index in [4.69, 9.17) is 16.9 Å². The minimum atomic E-state index is 0.582. The largest absolute Gasteiger partial charge is 0.342 e. The molecule has 1 heterocycles. The van der Waals surface area contributed by atoms with Crippen molar-refractivity contribution in [1.82, 2.24) is 9.88 Å². The molecule has 0 saturated heterocycles. The maximum atomic E-state index is 8.72. The maximum absolute atomic E-state index is 8.72. The molecular weight excluding hydrogens is 198 g/mol. The Morgan fingerprint density at radius 2 is 2.50 bits per heavy atom. The molecule has 3 nitrogen and oxygen atoms in total. The van der Waals surface area contributed by atoms with Gasteiger partial charge in [-0.05, 0) is 11.6 Å². The van der Waals surface area contributed by atoms with Gasteiger partial charge in [0.25, 0.3) is 0 Å². The molecule has 1 aromatic rings. The van der Waals surface area contributed by atoms with E-state index < -0.39 is 0 Å². The van der Waals surface area contributed by atoms with Gasteiger partial charge in [-0.3, -0.25) is 0 Å².